The number of aliphatic hydroxyl groups excluding tert-OH is 1. The summed E-state index contributed by atoms with van der Waals surface area (Å²) in [4.78, 5) is 39.1. The Morgan fingerprint density at radius 2 is 1.57 bits per heavy atom. The third kappa shape index (κ3) is 5.35. The topological polar surface area (TPSA) is 143 Å². The molecule has 0 aromatic rings. The second kappa shape index (κ2) is 12.2. The van der Waals surface area contributed by atoms with Crippen molar-refractivity contribution in [1.29, 1.82) is 0 Å². The van der Waals surface area contributed by atoms with E-state index in [1.165, 1.54) is 51.9 Å². The molecule has 1 heterocycles. The van der Waals surface area contributed by atoms with Crippen molar-refractivity contribution in [3.05, 3.63) is 0 Å². The Morgan fingerprint density at radius 1 is 0.977 bits per heavy atom. The van der Waals surface area contributed by atoms with Crippen LogP contribution < -0.4 is 0 Å². The fraction of sp³-hybridized carbons (Fsp3) is 0.914. The van der Waals surface area contributed by atoms with Gasteiger partial charge < -0.3 is 29.5 Å². The van der Waals surface area contributed by atoms with Gasteiger partial charge in [0.1, 0.15) is 17.3 Å². The smallest absolute Gasteiger partial charge is 0.306 e. The monoisotopic (exact) mass is 620 g/mol. The summed E-state index contributed by atoms with van der Waals surface area (Å²) in [5.74, 6) is -3.62. The molecule has 0 radical (unpaired) electrons. The molecule has 4 saturated carbocycles. The average Bonchev–Trinajstić information content (AvgIpc) is 3.76. The molecule has 5 fully saturated rings. The molecule has 5 aliphatic rings. The van der Waals surface area contributed by atoms with Crippen molar-refractivity contribution >= 4 is 17.7 Å². The molecule has 5 rings (SSSR count). The fourth-order valence-corrected chi connectivity index (χ4v) is 10.1. The van der Waals surface area contributed by atoms with Crippen LogP contribution in [0.5, 0.6) is 0 Å². The van der Waals surface area contributed by atoms with Crippen molar-refractivity contribution < 1.29 is 43.9 Å². The first-order chi connectivity index (χ1) is 20.7. The summed E-state index contributed by atoms with van der Waals surface area (Å²) in [7, 11) is 0. The van der Waals surface area contributed by atoms with Crippen LogP contribution in [0, 0.1) is 29.1 Å². The summed E-state index contributed by atoms with van der Waals surface area (Å²) < 4.78 is 18.3. The standard InChI is InChI=1S/C35H56O9/c1-6-7-8-9-10-11-12-13-14-15-16-17-26(38)42-25-19-33(40)24-18-22(2)29(39)34(24,41)20-32(21-36)30(44-32)27(33)28-31(4,5)35(25,28)43-23(3)37/h22,24-25,27-28,30,36,40-41H,6-21H2,1-5H3. The minimum absolute atomic E-state index is 0.0801. The van der Waals surface area contributed by atoms with E-state index in [0.717, 1.165) is 19.3 Å². The van der Waals surface area contributed by atoms with Gasteiger partial charge in [0.15, 0.2) is 11.4 Å². The summed E-state index contributed by atoms with van der Waals surface area (Å²) >= 11 is 0. The number of hydrogen-bond donors (Lipinski definition) is 3. The number of aliphatic hydroxyl groups is 3. The van der Waals surface area contributed by atoms with Gasteiger partial charge in [-0.25, -0.2) is 0 Å². The number of carbonyl (C=O) groups excluding carboxylic acids is 3. The highest BCUT2D eigenvalue weighted by molar-refractivity contribution is 5.92. The molecule has 10 atom stereocenters. The van der Waals surface area contributed by atoms with Gasteiger partial charge in [0.2, 0.25) is 0 Å². The van der Waals surface area contributed by atoms with Gasteiger partial charge in [0.25, 0.3) is 0 Å². The van der Waals surface area contributed by atoms with Crippen LogP contribution in [0.25, 0.3) is 0 Å². The number of rotatable bonds is 15. The first kappa shape index (κ1) is 33.8. The van der Waals surface area contributed by atoms with E-state index in [0.29, 0.717) is 6.42 Å². The van der Waals surface area contributed by atoms with Gasteiger partial charge in [-0.2, -0.15) is 0 Å². The van der Waals surface area contributed by atoms with Crippen molar-refractivity contribution in [3.8, 4) is 0 Å². The van der Waals surface area contributed by atoms with Gasteiger partial charge in [-0.05, 0) is 12.8 Å². The van der Waals surface area contributed by atoms with Crippen LogP contribution in [0.4, 0.5) is 0 Å². The molecular weight excluding hydrogens is 564 g/mol. The molecule has 9 nitrogen and oxygen atoms in total. The molecule has 250 valence electrons. The Hall–Kier alpha value is -1.55. The van der Waals surface area contributed by atoms with E-state index in [2.05, 4.69) is 6.92 Å². The molecule has 44 heavy (non-hydrogen) atoms. The molecule has 3 N–H and O–H groups in total. The number of ketones is 1. The Morgan fingerprint density at radius 3 is 2.14 bits per heavy atom. The Balaban J connectivity index is 1.28. The maximum absolute atomic E-state index is 13.4. The van der Waals surface area contributed by atoms with Gasteiger partial charge in [-0.3, -0.25) is 14.4 Å². The highest BCUT2D eigenvalue weighted by Crippen LogP contribution is 2.79. The highest BCUT2D eigenvalue weighted by atomic mass is 16.6. The average molecular weight is 621 g/mol. The highest BCUT2D eigenvalue weighted by Gasteiger charge is 2.90. The lowest BCUT2D eigenvalue weighted by Gasteiger charge is -2.49. The van der Waals surface area contributed by atoms with Crippen LogP contribution in [0.15, 0.2) is 0 Å². The number of ether oxygens (including phenoxy) is 3. The molecule has 1 saturated heterocycles. The number of hydrogen-bond acceptors (Lipinski definition) is 9. The van der Waals surface area contributed by atoms with Crippen molar-refractivity contribution in [2.24, 2.45) is 29.1 Å². The van der Waals surface area contributed by atoms with Gasteiger partial charge in [0, 0.05) is 55.3 Å². The zero-order valence-electron chi connectivity index (χ0n) is 27.6. The number of unbranched alkanes of at least 4 members (excludes halogenated alkanes) is 10. The van der Waals surface area contributed by atoms with E-state index < -0.39 is 82.2 Å². The van der Waals surface area contributed by atoms with E-state index in [4.69, 9.17) is 14.2 Å². The van der Waals surface area contributed by atoms with Gasteiger partial charge >= 0.3 is 11.9 Å². The summed E-state index contributed by atoms with van der Waals surface area (Å²) in [6, 6.07) is 0. The minimum Gasteiger partial charge on any atom is -0.458 e. The molecule has 1 aliphatic heterocycles. The molecule has 10 unspecified atom stereocenters. The van der Waals surface area contributed by atoms with Crippen molar-refractivity contribution in [2.45, 2.75) is 166 Å². The van der Waals surface area contributed by atoms with Crippen LogP contribution in [0.2, 0.25) is 0 Å². The fourth-order valence-electron chi connectivity index (χ4n) is 10.1. The lowest BCUT2D eigenvalue weighted by atomic mass is 9.63. The number of carbonyl (C=O) groups is 3. The first-order valence-corrected chi connectivity index (χ1v) is 17.4. The van der Waals surface area contributed by atoms with Crippen LogP contribution >= 0.6 is 0 Å². The van der Waals surface area contributed by atoms with Crippen LogP contribution in [-0.4, -0.2) is 74.3 Å². The zero-order chi connectivity index (χ0) is 32.1. The molecule has 0 aromatic heterocycles. The molecule has 0 bridgehead atoms. The van der Waals surface area contributed by atoms with Crippen molar-refractivity contribution in [2.75, 3.05) is 6.61 Å². The quantitative estimate of drug-likeness (QED) is 0.134. The van der Waals surface area contributed by atoms with Gasteiger partial charge in [-0.15, -0.1) is 0 Å². The molecule has 0 aromatic carbocycles. The Bertz CT molecular complexity index is 1110. The van der Waals surface area contributed by atoms with Crippen LogP contribution in [0.1, 0.15) is 131 Å². The number of fused-ring (bicyclic) bond motifs is 7. The van der Waals surface area contributed by atoms with E-state index >= 15 is 0 Å². The third-order valence-electron chi connectivity index (χ3n) is 12.3. The van der Waals surface area contributed by atoms with Crippen molar-refractivity contribution in [1.82, 2.24) is 0 Å². The molecular formula is C35H56O9. The SMILES string of the molecule is CCCCCCCCCCCCCC(=O)OC1CC2(O)C(C3OC3(CO)CC3(O)C(=O)C(C)CC32)C2C(C)(C)C12OC(C)=O. The van der Waals surface area contributed by atoms with E-state index in [1.807, 2.05) is 13.8 Å². The maximum atomic E-state index is 13.4. The van der Waals surface area contributed by atoms with Crippen molar-refractivity contribution in [3.63, 3.8) is 0 Å². The Labute approximate surface area is 262 Å². The second-order valence-electron chi connectivity index (χ2n) is 15.5. The second-order valence-corrected chi connectivity index (χ2v) is 15.5. The van der Waals surface area contributed by atoms with E-state index in [9.17, 15) is 29.7 Å². The lowest BCUT2D eigenvalue weighted by Crippen LogP contribution is -2.62. The van der Waals surface area contributed by atoms with Gasteiger partial charge in [-0.1, -0.05) is 91.9 Å². The Kier molecular flexibility index (Phi) is 9.40. The normalized spacial score (nSPS) is 42.8. The van der Waals surface area contributed by atoms with E-state index in [-0.39, 0.29) is 31.5 Å². The lowest BCUT2D eigenvalue weighted by molar-refractivity contribution is -0.218. The summed E-state index contributed by atoms with van der Waals surface area (Å²) in [5, 5.41) is 35.0. The number of Topliss-reactive ketones (excluding diaryl/α,β-unsaturated/α-hetero) is 1. The molecule has 4 aliphatic carbocycles. The van der Waals surface area contributed by atoms with Gasteiger partial charge in [0.05, 0.1) is 18.3 Å². The predicted molar refractivity (Wildman–Crippen MR) is 162 cm³/mol. The summed E-state index contributed by atoms with van der Waals surface area (Å²) in [5.41, 5.74) is -6.51. The summed E-state index contributed by atoms with van der Waals surface area (Å²) in [6.07, 6.45) is 11.6. The minimum atomic E-state index is -1.87. The predicted octanol–water partition coefficient (Wildman–Crippen LogP) is 4.80. The van der Waals surface area contributed by atoms with Crippen LogP contribution in [-0.2, 0) is 28.6 Å². The molecule has 0 spiro atoms. The first-order valence-electron chi connectivity index (χ1n) is 17.4. The number of epoxide rings is 1. The molecule has 0 amide bonds. The largest absolute Gasteiger partial charge is 0.458 e. The van der Waals surface area contributed by atoms with Crippen LogP contribution in [0.3, 0.4) is 0 Å². The summed E-state index contributed by atoms with van der Waals surface area (Å²) in [6.45, 7) is 8.81. The third-order valence-corrected chi connectivity index (χ3v) is 12.3. The zero-order valence-corrected chi connectivity index (χ0v) is 27.6. The maximum Gasteiger partial charge on any atom is 0.306 e. The van der Waals surface area contributed by atoms with E-state index in [1.54, 1.807) is 6.92 Å². The molecule has 9 heteroatoms. The number of esters is 2.